The van der Waals surface area contributed by atoms with E-state index < -0.39 is 6.10 Å². The average molecular weight is 234 g/mol. The molecule has 0 fully saturated rings. The molecular formula is C13H18N2O2. The van der Waals surface area contributed by atoms with Gasteiger partial charge in [-0.1, -0.05) is 6.92 Å². The van der Waals surface area contributed by atoms with Crippen LogP contribution in [-0.4, -0.2) is 30.9 Å². The number of aliphatic hydroxyl groups is 1. The zero-order valence-corrected chi connectivity index (χ0v) is 10.0. The van der Waals surface area contributed by atoms with Crippen molar-refractivity contribution < 1.29 is 9.84 Å². The molecule has 2 N–H and O–H groups in total. The van der Waals surface area contributed by atoms with Gasteiger partial charge in [-0.2, -0.15) is 5.26 Å². The molecule has 0 bridgehead atoms. The van der Waals surface area contributed by atoms with Gasteiger partial charge in [0.25, 0.3) is 0 Å². The summed E-state index contributed by atoms with van der Waals surface area (Å²) in [6.07, 6.45) is 0.528. The van der Waals surface area contributed by atoms with Crippen molar-refractivity contribution in [2.24, 2.45) is 0 Å². The van der Waals surface area contributed by atoms with Gasteiger partial charge < -0.3 is 15.2 Å². The minimum absolute atomic E-state index is 0.253. The molecule has 1 aromatic rings. The molecule has 0 saturated heterocycles. The number of nitrogens with zero attached hydrogens (tertiary/aromatic N) is 1. The molecule has 0 unspecified atom stereocenters. The van der Waals surface area contributed by atoms with E-state index in [1.807, 2.05) is 6.07 Å². The Bertz CT molecular complexity index is 357. The van der Waals surface area contributed by atoms with Crippen LogP contribution in [-0.2, 0) is 0 Å². The predicted octanol–water partition coefficient (Wildman–Crippen LogP) is 1.30. The number of nitrogens with one attached hydrogen (secondary N) is 1. The third kappa shape index (κ3) is 5.34. The van der Waals surface area contributed by atoms with Gasteiger partial charge in [0.15, 0.2) is 0 Å². The van der Waals surface area contributed by atoms with E-state index in [9.17, 15) is 5.11 Å². The van der Waals surface area contributed by atoms with Crippen LogP contribution in [0, 0.1) is 11.3 Å². The van der Waals surface area contributed by atoms with E-state index in [1.165, 1.54) is 0 Å². The van der Waals surface area contributed by atoms with Gasteiger partial charge in [-0.05, 0) is 37.2 Å². The highest BCUT2D eigenvalue weighted by atomic mass is 16.5. The lowest BCUT2D eigenvalue weighted by Crippen LogP contribution is -2.31. The number of ether oxygens (including phenoxy) is 1. The van der Waals surface area contributed by atoms with E-state index in [-0.39, 0.29) is 6.61 Å². The second-order valence-electron chi connectivity index (χ2n) is 3.81. The van der Waals surface area contributed by atoms with Crippen molar-refractivity contribution in [2.45, 2.75) is 19.4 Å². The molecule has 0 aromatic heterocycles. The fourth-order valence-electron chi connectivity index (χ4n) is 1.32. The monoisotopic (exact) mass is 234 g/mol. The number of hydrogen-bond donors (Lipinski definition) is 2. The molecule has 0 amide bonds. The minimum atomic E-state index is -0.516. The average Bonchev–Trinajstić information content (AvgIpc) is 2.37. The SMILES string of the molecule is CCCNC[C@H](O)COc1ccc(C#N)cc1. The molecule has 0 saturated carbocycles. The fraction of sp³-hybridized carbons (Fsp3) is 0.462. The van der Waals surface area contributed by atoms with Gasteiger partial charge in [0, 0.05) is 6.54 Å². The lowest BCUT2D eigenvalue weighted by Gasteiger charge is -2.12. The Labute approximate surface area is 102 Å². The molecule has 92 valence electrons. The van der Waals surface area contributed by atoms with Gasteiger partial charge >= 0.3 is 0 Å². The van der Waals surface area contributed by atoms with E-state index in [4.69, 9.17) is 10.00 Å². The van der Waals surface area contributed by atoms with Crippen LogP contribution in [0.4, 0.5) is 0 Å². The van der Waals surface area contributed by atoms with Crippen molar-refractivity contribution in [1.82, 2.24) is 5.32 Å². The standard InChI is InChI=1S/C13H18N2O2/c1-2-7-15-9-12(16)10-17-13-5-3-11(8-14)4-6-13/h3-6,12,15-16H,2,7,9-10H2,1H3/t12-/m0/s1. The number of benzene rings is 1. The van der Waals surface area contributed by atoms with Crippen LogP contribution < -0.4 is 10.1 Å². The summed E-state index contributed by atoms with van der Waals surface area (Å²) >= 11 is 0. The van der Waals surface area contributed by atoms with Gasteiger partial charge in [0.05, 0.1) is 11.6 Å². The highest BCUT2D eigenvalue weighted by molar-refractivity contribution is 5.34. The molecule has 17 heavy (non-hydrogen) atoms. The Morgan fingerprint density at radius 2 is 2.12 bits per heavy atom. The summed E-state index contributed by atoms with van der Waals surface area (Å²) in [5.41, 5.74) is 0.600. The van der Waals surface area contributed by atoms with Crippen molar-refractivity contribution >= 4 is 0 Å². The molecule has 1 atom stereocenters. The second-order valence-corrected chi connectivity index (χ2v) is 3.81. The Kier molecular flexibility index (Phi) is 6.08. The van der Waals surface area contributed by atoms with Crippen LogP contribution in [0.2, 0.25) is 0 Å². The van der Waals surface area contributed by atoms with Crippen molar-refractivity contribution in [1.29, 1.82) is 5.26 Å². The van der Waals surface area contributed by atoms with E-state index in [0.717, 1.165) is 13.0 Å². The predicted molar refractivity (Wildman–Crippen MR) is 65.8 cm³/mol. The Morgan fingerprint density at radius 1 is 1.41 bits per heavy atom. The zero-order chi connectivity index (χ0) is 12.5. The largest absolute Gasteiger partial charge is 0.491 e. The lowest BCUT2D eigenvalue weighted by atomic mass is 10.2. The third-order valence-electron chi connectivity index (χ3n) is 2.23. The molecule has 4 nitrogen and oxygen atoms in total. The molecule has 0 spiro atoms. The first-order chi connectivity index (χ1) is 8.26. The molecule has 1 rings (SSSR count). The van der Waals surface area contributed by atoms with Crippen LogP contribution in [0.15, 0.2) is 24.3 Å². The number of nitriles is 1. The topological polar surface area (TPSA) is 65.3 Å². The van der Waals surface area contributed by atoms with Crippen LogP contribution in [0.5, 0.6) is 5.75 Å². The van der Waals surface area contributed by atoms with Crippen molar-refractivity contribution in [3.05, 3.63) is 29.8 Å². The molecule has 4 heteroatoms. The van der Waals surface area contributed by atoms with Gasteiger partial charge in [0.1, 0.15) is 18.5 Å². The molecular weight excluding hydrogens is 216 g/mol. The number of rotatable bonds is 7. The summed E-state index contributed by atoms with van der Waals surface area (Å²) in [5, 5.41) is 21.3. The van der Waals surface area contributed by atoms with Crippen LogP contribution >= 0.6 is 0 Å². The smallest absolute Gasteiger partial charge is 0.119 e. The maximum absolute atomic E-state index is 9.60. The first-order valence-corrected chi connectivity index (χ1v) is 5.78. The first-order valence-electron chi connectivity index (χ1n) is 5.78. The maximum atomic E-state index is 9.60. The summed E-state index contributed by atoms with van der Waals surface area (Å²) in [4.78, 5) is 0. The van der Waals surface area contributed by atoms with Crippen LogP contribution in [0.1, 0.15) is 18.9 Å². The normalized spacial score (nSPS) is 11.8. The van der Waals surface area contributed by atoms with Gasteiger partial charge in [-0.25, -0.2) is 0 Å². The third-order valence-corrected chi connectivity index (χ3v) is 2.23. The quantitative estimate of drug-likeness (QED) is 0.698. The molecule has 0 radical (unpaired) electrons. The summed E-state index contributed by atoms with van der Waals surface area (Å²) < 4.78 is 5.40. The Balaban J connectivity index is 2.27. The maximum Gasteiger partial charge on any atom is 0.119 e. The Hall–Kier alpha value is -1.57. The summed E-state index contributed by atoms with van der Waals surface area (Å²) in [5.74, 6) is 0.665. The zero-order valence-electron chi connectivity index (χ0n) is 10.0. The summed E-state index contributed by atoms with van der Waals surface area (Å²) in [7, 11) is 0. The summed E-state index contributed by atoms with van der Waals surface area (Å²) in [6, 6.07) is 8.88. The first kappa shape index (κ1) is 13.5. The van der Waals surface area contributed by atoms with Gasteiger partial charge in [-0.15, -0.1) is 0 Å². The molecule has 0 aliphatic rings. The fourth-order valence-corrected chi connectivity index (χ4v) is 1.32. The summed E-state index contributed by atoms with van der Waals surface area (Å²) in [6.45, 7) is 3.76. The van der Waals surface area contributed by atoms with Crippen LogP contribution in [0.3, 0.4) is 0 Å². The number of hydrogen-bond acceptors (Lipinski definition) is 4. The van der Waals surface area contributed by atoms with Crippen molar-refractivity contribution in [3.8, 4) is 11.8 Å². The highest BCUT2D eigenvalue weighted by Crippen LogP contribution is 2.11. The molecule has 1 aromatic carbocycles. The van der Waals surface area contributed by atoms with Gasteiger partial charge in [-0.3, -0.25) is 0 Å². The Morgan fingerprint density at radius 3 is 2.71 bits per heavy atom. The lowest BCUT2D eigenvalue weighted by molar-refractivity contribution is 0.106. The molecule has 0 aliphatic carbocycles. The van der Waals surface area contributed by atoms with Crippen molar-refractivity contribution in [3.63, 3.8) is 0 Å². The minimum Gasteiger partial charge on any atom is -0.491 e. The van der Waals surface area contributed by atoms with E-state index >= 15 is 0 Å². The van der Waals surface area contributed by atoms with Crippen molar-refractivity contribution in [2.75, 3.05) is 19.7 Å². The molecule has 0 aliphatic heterocycles. The van der Waals surface area contributed by atoms with E-state index in [2.05, 4.69) is 12.2 Å². The van der Waals surface area contributed by atoms with Gasteiger partial charge in [0.2, 0.25) is 0 Å². The number of aliphatic hydroxyl groups excluding tert-OH is 1. The second kappa shape index (κ2) is 7.66. The molecule has 0 heterocycles. The van der Waals surface area contributed by atoms with E-state index in [1.54, 1.807) is 24.3 Å². The highest BCUT2D eigenvalue weighted by Gasteiger charge is 2.04. The van der Waals surface area contributed by atoms with E-state index in [0.29, 0.717) is 17.9 Å². The van der Waals surface area contributed by atoms with Crippen LogP contribution in [0.25, 0.3) is 0 Å².